The van der Waals surface area contributed by atoms with Crippen LogP contribution in [0.25, 0.3) is 0 Å². The van der Waals surface area contributed by atoms with Crippen LogP contribution >= 0.6 is 0 Å². The van der Waals surface area contributed by atoms with Crippen LogP contribution in [-0.2, 0) is 21.5 Å². The molecule has 6 heteroatoms. The van der Waals surface area contributed by atoms with E-state index in [4.69, 9.17) is 9.47 Å². The van der Waals surface area contributed by atoms with E-state index in [1.165, 1.54) is 24.8 Å². The zero-order chi connectivity index (χ0) is 26.1. The molecule has 6 nitrogen and oxygen atoms in total. The summed E-state index contributed by atoms with van der Waals surface area (Å²) in [6.45, 7) is 6.97. The first kappa shape index (κ1) is 26.7. The summed E-state index contributed by atoms with van der Waals surface area (Å²) in [4.78, 5) is 27.9. The summed E-state index contributed by atoms with van der Waals surface area (Å²) in [7, 11) is 0. The number of ether oxygens (including phenoxy) is 2. The minimum Gasteiger partial charge on any atom is -0.493 e. The lowest BCUT2D eigenvalue weighted by Gasteiger charge is -2.49. The van der Waals surface area contributed by atoms with Gasteiger partial charge >= 0.3 is 5.97 Å². The largest absolute Gasteiger partial charge is 0.493 e. The van der Waals surface area contributed by atoms with Crippen molar-refractivity contribution < 1.29 is 19.1 Å². The number of amides is 1. The molecule has 1 amide bonds. The molecule has 1 aliphatic carbocycles. The maximum Gasteiger partial charge on any atom is 0.341 e. The average molecular weight is 503 g/mol. The van der Waals surface area contributed by atoms with Crippen molar-refractivity contribution in [1.29, 1.82) is 0 Å². The van der Waals surface area contributed by atoms with Gasteiger partial charge in [-0.25, -0.2) is 4.79 Å². The van der Waals surface area contributed by atoms with Crippen molar-refractivity contribution in [2.75, 3.05) is 32.8 Å². The number of esters is 1. The average Bonchev–Trinajstić information content (AvgIpc) is 2.93. The summed E-state index contributed by atoms with van der Waals surface area (Å²) >= 11 is 0. The molecule has 0 aromatic heterocycles. The molecule has 2 unspecified atom stereocenters. The smallest absolute Gasteiger partial charge is 0.341 e. The van der Waals surface area contributed by atoms with Crippen LogP contribution in [-0.4, -0.2) is 49.6 Å². The van der Waals surface area contributed by atoms with Crippen LogP contribution in [0.2, 0.25) is 0 Å². The minimum absolute atomic E-state index is 0.0603. The molecule has 2 atom stereocenters. The Morgan fingerprint density at radius 3 is 2.51 bits per heavy atom. The summed E-state index contributed by atoms with van der Waals surface area (Å²) in [6, 6.07) is 15.9. The standard InChI is InChI=1S/C31H38N2O4/c1-3-36-28-21-24(16-17-27(28)30(35)37-4-2)22-29(34)32-23-26-15-9-10-18-31(26,25-13-7-5-8-14-25)33-19-11-6-12-20-33/h5,7-10,13-18,21,26H,3-4,6,11-12,19-20,22-23H2,1-2H3,(H,32,34). The normalized spacial score (nSPS) is 21.4. The van der Waals surface area contributed by atoms with Gasteiger partial charge in [-0.1, -0.05) is 67.1 Å². The Bertz CT molecular complexity index is 1120. The first-order chi connectivity index (χ1) is 18.1. The highest BCUT2D eigenvalue weighted by Crippen LogP contribution is 2.42. The fourth-order valence-electron chi connectivity index (χ4n) is 5.50. The van der Waals surface area contributed by atoms with Gasteiger partial charge in [0.2, 0.25) is 5.91 Å². The van der Waals surface area contributed by atoms with Crippen LogP contribution in [0, 0.1) is 5.92 Å². The molecule has 0 saturated carbocycles. The number of likely N-dealkylation sites (tertiary alicyclic amines) is 1. The van der Waals surface area contributed by atoms with Gasteiger partial charge in [-0.05, 0) is 63.0 Å². The Hall–Kier alpha value is -3.38. The maximum atomic E-state index is 13.1. The van der Waals surface area contributed by atoms with Gasteiger partial charge in [0.25, 0.3) is 0 Å². The van der Waals surface area contributed by atoms with Crippen molar-refractivity contribution >= 4 is 11.9 Å². The zero-order valence-electron chi connectivity index (χ0n) is 21.9. The number of rotatable bonds is 10. The van der Waals surface area contributed by atoms with Gasteiger partial charge in [-0.3, -0.25) is 9.69 Å². The predicted octanol–water partition coefficient (Wildman–Crippen LogP) is 5.04. The summed E-state index contributed by atoms with van der Waals surface area (Å²) in [5, 5.41) is 3.19. The molecule has 196 valence electrons. The lowest BCUT2D eigenvalue weighted by atomic mass is 9.73. The van der Waals surface area contributed by atoms with Crippen molar-refractivity contribution in [3.63, 3.8) is 0 Å². The molecule has 1 N–H and O–H groups in total. The number of carbonyl (C=O) groups is 2. The third kappa shape index (κ3) is 6.13. The highest BCUT2D eigenvalue weighted by atomic mass is 16.5. The van der Waals surface area contributed by atoms with Gasteiger partial charge in [0.15, 0.2) is 0 Å². The number of nitrogens with zero attached hydrogens (tertiary/aromatic N) is 1. The second kappa shape index (κ2) is 12.7. The van der Waals surface area contributed by atoms with Crippen molar-refractivity contribution in [3.05, 3.63) is 89.5 Å². The molecule has 1 aliphatic heterocycles. The van der Waals surface area contributed by atoms with Gasteiger partial charge in [0, 0.05) is 12.5 Å². The van der Waals surface area contributed by atoms with Crippen LogP contribution < -0.4 is 10.1 Å². The van der Waals surface area contributed by atoms with E-state index in [2.05, 4.69) is 64.9 Å². The van der Waals surface area contributed by atoms with E-state index < -0.39 is 5.97 Å². The Morgan fingerprint density at radius 1 is 1.00 bits per heavy atom. The highest BCUT2D eigenvalue weighted by Gasteiger charge is 2.43. The lowest BCUT2D eigenvalue weighted by Crippen LogP contribution is -2.54. The van der Waals surface area contributed by atoms with E-state index in [-0.39, 0.29) is 23.8 Å². The molecule has 2 aliphatic rings. The third-order valence-electron chi connectivity index (χ3n) is 7.21. The fourth-order valence-corrected chi connectivity index (χ4v) is 5.50. The summed E-state index contributed by atoms with van der Waals surface area (Å²) in [5.74, 6) is 0.0656. The van der Waals surface area contributed by atoms with Crippen LogP contribution in [0.1, 0.15) is 54.6 Å². The molecule has 1 saturated heterocycles. The first-order valence-electron chi connectivity index (χ1n) is 13.4. The Labute approximate surface area is 220 Å². The second-order valence-electron chi connectivity index (χ2n) is 9.55. The Balaban J connectivity index is 1.49. The van der Waals surface area contributed by atoms with Gasteiger partial charge < -0.3 is 14.8 Å². The van der Waals surface area contributed by atoms with Gasteiger partial charge in [-0.2, -0.15) is 0 Å². The molecule has 2 aromatic carbocycles. The minimum atomic E-state index is -0.422. The van der Waals surface area contributed by atoms with Crippen LogP contribution in [0.5, 0.6) is 5.75 Å². The number of carbonyl (C=O) groups excluding carboxylic acids is 2. The molecule has 0 spiro atoms. The molecule has 1 fully saturated rings. The quantitative estimate of drug-likeness (QED) is 0.461. The molecule has 37 heavy (non-hydrogen) atoms. The number of piperidine rings is 1. The number of benzene rings is 2. The summed E-state index contributed by atoms with van der Waals surface area (Å²) in [5.41, 5.74) is 2.14. The molecule has 0 radical (unpaired) electrons. The second-order valence-corrected chi connectivity index (χ2v) is 9.55. The molecule has 2 aromatic rings. The molecule has 0 bridgehead atoms. The number of nitrogens with one attached hydrogen (secondary N) is 1. The summed E-state index contributed by atoms with van der Waals surface area (Å²) < 4.78 is 10.8. The van der Waals surface area contributed by atoms with E-state index in [1.54, 1.807) is 25.1 Å². The topological polar surface area (TPSA) is 67.9 Å². The van der Waals surface area contributed by atoms with E-state index in [9.17, 15) is 9.59 Å². The Kier molecular flexibility index (Phi) is 9.18. The van der Waals surface area contributed by atoms with Crippen LogP contribution in [0.4, 0.5) is 0 Å². The predicted molar refractivity (Wildman–Crippen MR) is 146 cm³/mol. The number of hydrogen-bond donors (Lipinski definition) is 1. The Morgan fingerprint density at radius 2 is 1.78 bits per heavy atom. The molecule has 4 rings (SSSR count). The van der Waals surface area contributed by atoms with E-state index >= 15 is 0 Å². The van der Waals surface area contributed by atoms with Crippen molar-refractivity contribution in [2.24, 2.45) is 5.92 Å². The first-order valence-corrected chi connectivity index (χ1v) is 13.4. The third-order valence-corrected chi connectivity index (χ3v) is 7.21. The van der Waals surface area contributed by atoms with Crippen LogP contribution in [0.3, 0.4) is 0 Å². The van der Waals surface area contributed by atoms with Crippen molar-refractivity contribution in [1.82, 2.24) is 10.2 Å². The monoisotopic (exact) mass is 502 g/mol. The molecular weight excluding hydrogens is 464 g/mol. The van der Waals surface area contributed by atoms with Crippen LogP contribution in [0.15, 0.2) is 72.8 Å². The van der Waals surface area contributed by atoms with E-state index in [0.29, 0.717) is 31.1 Å². The number of allylic oxidation sites excluding steroid dienone is 2. The van der Waals surface area contributed by atoms with Crippen molar-refractivity contribution in [3.8, 4) is 5.75 Å². The van der Waals surface area contributed by atoms with E-state index in [1.807, 2.05) is 6.92 Å². The molecular formula is C31H38N2O4. The molecule has 1 heterocycles. The van der Waals surface area contributed by atoms with Gasteiger partial charge in [-0.15, -0.1) is 0 Å². The maximum absolute atomic E-state index is 13.1. The van der Waals surface area contributed by atoms with E-state index in [0.717, 1.165) is 18.7 Å². The van der Waals surface area contributed by atoms with Gasteiger partial charge in [0.05, 0.1) is 25.2 Å². The van der Waals surface area contributed by atoms with Crippen molar-refractivity contribution in [2.45, 2.75) is 45.1 Å². The SMILES string of the molecule is CCOC(=O)c1ccc(CC(=O)NCC2C=CC=CC2(c2ccccc2)N2CCCCC2)cc1OCC. The lowest BCUT2D eigenvalue weighted by molar-refractivity contribution is -0.120. The van der Waals surface area contributed by atoms with Gasteiger partial charge in [0.1, 0.15) is 11.3 Å². The zero-order valence-corrected chi connectivity index (χ0v) is 21.9. The number of hydrogen-bond acceptors (Lipinski definition) is 5. The fraction of sp³-hybridized carbons (Fsp3) is 0.419. The highest BCUT2D eigenvalue weighted by molar-refractivity contribution is 5.93. The summed E-state index contributed by atoms with van der Waals surface area (Å²) in [6.07, 6.45) is 12.6.